The maximum atomic E-state index is 12.9. The van der Waals surface area contributed by atoms with E-state index in [9.17, 15) is 24.2 Å². The summed E-state index contributed by atoms with van der Waals surface area (Å²) >= 11 is 0. The van der Waals surface area contributed by atoms with Gasteiger partial charge in [0.2, 0.25) is 5.82 Å². The van der Waals surface area contributed by atoms with Gasteiger partial charge in [-0.05, 0) is 22.9 Å². The first-order valence-electron chi connectivity index (χ1n) is 7.71. The number of aliphatic hydroxyl groups is 1. The third kappa shape index (κ3) is 4.51. The molecule has 0 amide bonds. The van der Waals surface area contributed by atoms with Crippen molar-refractivity contribution < 1.29 is 29.3 Å². The molecule has 0 atom stereocenters. The van der Waals surface area contributed by atoms with Crippen LogP contribution in [0.2, 0.25) is 0 Å². The number of carbonyl (C=O) groups excluding carboxylic acids is 1. The van der Waals surface area contributed by atoms with E-state index in [0.717, 1.165) is 10.9 Å². The summed E-state index contributed by atoms with van der Waals surface area (Å²) in [6.45, 7) is -0.535. The summed E-state index contributed by atoms with van der Waals surface area (Å²) in [5.41, 5.74) is 0.714. The zero-order chi connectivity index (χ0) is 20.6. The SMILES string of the molecule is O=C(CO)c1ccc(Cn2nnc(-c3cccc(S(F)(F)(F)(F)F)c3)n2)cc1. The number of benzene rings is 2. The molecule has 0 aliphatic heterocycles. The van der Waals surface area contributed by atoms with Gasteiger partial charge in [-0.15, -0.1) is 10.2 Å². The topological polar surface area (TPSA) is 80.9 Å². The number of hydrogen-bond donors (Lipinski definition) is 1. The maximum absolute atomic E-state index is 12.9. The zero-order valence-corrected chi connectivity index (χ0v) is 14.8. The summed E-state index contributed by atoms with van der Waals surface area (Å²) in [4.78, 5) is 10.4. The highest BCUT2D eigenvalue weighted by molar-refractivity contribution is 8.45. The summed E-state index contributed by atoms with van der Waals surface area (Å²) < 4.78 is 64.7. The number of aliphatic hydroxyl groups excluding tert-OH is 1. The fourth-order valence-corrected chi connectivity index (χ4v) is 3.04. The van der Waals surface area contributed by atoms with Crippen LogP contribution in [0.5, 0.6) is 0 Å². The van der Waals surface area contributed by atoms with E-state index in [1.54, 1.807) is 12.1 Å². The van der Waals surface area contributed by atoms with Crippen molar-refractivity contribution in [2.24, 2.45) is 0 Å². The average molecular weight is 420 g/mol. The van der Waals surface area contributed by atoms with E-state index in [4.69, 9.17) is 5.11 Å². The Morgan fingerprint density at radius 3 is 2.32 bits per heavy atom. The molecule has 1 heterocycles. The van der Waals surface area contributed by atoms with Gasteiger partial charge in [-0.25, -0.2) is 0 Å². The molecule has 28 heavy (non-hydrogen) atoms. The van der Waals surface area contributed by atoms with Gasteiger partial charge in [0.05, 0.1) is 6.54 Å². The van der Waals surface area contributed by atoms with Crippen LogP contribution < -0.4 is 0 Å². The number of tetrazole rings is 1. The number of Topliss-reactive ketones (excluding diaryl/α,β-unsaturated/α-hetero) is 1. The Labute approximate surface area is 155 Å². The summed E-state index contributed by atoms with van der Waals surface area (Å²) in [5, 5.41) is 20.0. The molecule has 3 rings (SSSR count). The Balaban J connectivity index is 1.83. The van der Waals surface area contributed by atoms with E-state index in [2.05, 4.69) is 15.4 Å². The monoisotopic (exact) mass is 420 g/mol. The van der Waals surface area contributed by atoms with Gasteiger partial charge in [-0.2, -0.15) is 4.80 Å². The first-order valence-corrected chi connectivity index (χ1v) is 9.66. The van der Waals surface area contributed by atoms with Crippen molar-refractivity contribution in [2.75, 3.05) is 6.61 Å². The molecule has 0 aliphatic carbocycles. The number of hydrogen-bond acceptors (Lipinski definition) is 5. The summed E-state index contributed by atoms with van der Waals surface area (Å²) in [5.74, 6) is -0.688. The minimum absolute atomic E-state index is 0.0852. The van der Waals surface area contributed by atoms with Crippen LogP contribution in [0.1, 0.15) is 15.9 Å². The van der Waals surface area contributed by atoms with Gasteiger partial charge in [-0.1, -0.05) is 55.8 Å². The largest absolute Gasteiger partial charge is 0.388 e. The third-order valence-electron chi connectivity index (χ3n) is 3.73. The lowest BCUT2D eigenvalue weighted by Crippen LogP contribution is -2.07. The molecule has 6 nitrogen and oxygen atoms in total. The summed E-state index contributed by atoms with van der Waals surface area (Å²) in [6, 6.07) is 8.75. The van der Waals surface area contributed by atoms with Crippen molar-refractivity contribution in [1.29, 1.82) is 0 Å². The Bertz CT molecular complexity index is 1040. The first-order chi connectivity index (χ1) is 12.9. The Hall–Kier alpha value is -2.86. The van der Waals surface area contributed by atoms with Gasteiger partial charge in [0.25, 0.3) is 0 Å². The molecule has 0 radical (unpaired) electrons. The molecular formula is C16H13F5N4O2S. The predicted molar refractivity (Wildman–Crippen MR) is 91.6 cm³/mol. The Morgan fingerprint density at radius 2 is 1.71 bits per heavy atom. The van der Waals surface area contributed by atoms with Crippen molar-refractivity contribution in [3.63, 3.8) is 0 Å². The van der Waals surface area contributed by atoms with Crippen molar-refractivity contribution in [1.82, 2.24) is 20.2 Å². The van der Waals surface area contributed by atoms with Gasteiger partial charge in [0.15, 0.2) is 5.78 Å². The van der Waals surface area contributed by atoms with Gasteiger partial charge in [0, 0.05) is 11.1 Å². The highest BCUT2D eigenvalue weighted by atomic mass is 32.5. The number of halogens is 5. The molecule has 0 fully saturated rings. The first kappa shape index (κ1) is 19.9. The van der Waals surface area contributed by atoms with Gasteiger partial charge < -0.3 is 5.11 Å². The smallest absolute Gasteiger partial charge is 0.310 e. The summed E-state index contributed by atoms with van der Waals surface area (Å²) in [6.07, 6.45) is 0. The van der Waals surface area contributed by atoms with Crippen molar-refractivity contribution >= 4 is 16.0 Å². The van der Waals surface area contributed by atoms with E-state index >= 15 is 0 Å². The van der Waals surface area contributed by atoms with E-state index in [1.165, 1.54) is 18.2 Å². The minimum atomic E-state index is -9.81. The normalized spacial score (nSPS) is 14.4. The minimum Gasteiger partial charge on any atom is -0.388 e. The van der Waals surface area contributed by atoms with E-state index in [0.29, 0.717) is 17.2 Å². The standard InChI is InChI=1S/C16H13F5N4O2S/c17-28(18,19,20,21)14-3-1-2-13(8-14)16-22-24-25(23-16)9-11-4-6-12(7-5-11)15(27)10-26/h1-8,26H,9-10H2. The molecule has 0 unspecified atom stereocenters. The molecule has 0 saturated heterocycles. The van der Waals surface area contributed by atoms with Crippen molar-refractivity contribution in [3.05, 3.63) is 59.7 Å². The van der Waals surface area contributed by atoms with Gasteiger partial charge >= 0.3 is 10.2 Å². The lowest BCUT2D eigenvalue weighted by molar-refractivity contribution is 0.0903. The van der Waals surface area contributed by atoms with Crippen LogP contribution in [0.3, 0.4) is 0 Å². The fraction of sp³-hybridized carbons (Fsp3) is 0.125. The highest BCUT2D eigenvalue weighted by Gasteiger charge is 2.65. The zero-order valence-electron chi connectivity index (χ0n) is 14.0. The van der Waals surface area contributed by atoms with Crippen LogP contribution >= 0.6 is 10.2 Å². The predicted octanol–water partition coefficient (Wildman–Crippen LogP) is 4.22. The van der Waals surface area contributed by atoms with Gasteiger partial charge in [0.1, 0.15) is 11.5 Å². The van der Waals surface area contributed by atoms with Crippen LogP contribution in [-0.2, 0) is 6.54 Å². The Morgan fingerprint density at radius 1 is 1.04 bits per heavy atom. The van der Waals surface area contributed by atoms with E-state index in [-0.39, 0.29) is 24.0 Å². The second-order valence-electron chi connectivity index (χ2n) is 5.92. The number of rotatable bonds is 6. The van der Waals surface area contributed by atoms with Gasteiger partial charge in [-0.3, -0.25) is 4.79 Å². The molecule has 3 aromatic rings. The molecule has 0 bridgehead atoms. The average Bonchev–Trinajstić information content (AvgIpc) is 3.08. The van der Waals surface area contributed by atoms with Crippen LogP contribution in [-0.4, -0.2) is 37.7 Å². The fourth-order valence-electron chi connectivity index (χ4n) is 2.35. The van der Waals surface area contributed by atoms with Crippen LogP contribution in [0.15, 0.2) is 53.4 Å². The number of nitrogens with zero attached hydrogens (tertiary/aromatic N) is 4. The van der Waals surface area contributed by atoms with Crippen LogP contribution in [0.25, 0.3) is 11.4 Å². The summed E-state index contributed by atoms with van der Waals surface area (Å²) in [7, 11) is -9.81. The van der Waals surface area contributed by atoms with Crippen molar-refractivity contribution in [3.8, 4) is 11.4 Å². The van der Waals surface area contributed by atoms with Crippen molar-refractivity contribution in [2.45, 2.75) is 11.4 Å². The Kier molecular flexibility index (Phi) is 4.31. The van der Waals surface area contributed by atoms with Crippen LogP contribution in [0, 0.1) is 0 Å². The molecule has 150 valence electrons. The van der Waals surface area contributed by atoms with E-state index < -0.39 is 27.5 Å². The van der Waals surface area contributed by atoms with E-state index in [1.807, 2.05) is 0 Å². The maximum Gasteiger partial charge on any atom is 0.310 e. The molecule has 0 aliphatic rings. The molecule has 12 heteroatoms. The number of aromatic nitrogens is 4. The second kappa shape index (κ2) is 6.07. The molecule has 1 aromatic heterocycles. The number of carbonyl (C=O) groups is 1. The molecule has 2 aromatic carbocycles. The molecule has 0 spiro atoms. The lowest BCUT2D eigenvalue weighted by atomic mass is 10.1. The third-order valence-corrected chi connectivity index (χ3v) is 4.88. The molecule has 0 saturated carbocycles. The quantitative estimate of drug-likeness (QED) is 0.477. The number of ketones is 1. The van der Waals surface area contributed by atoms with Crippen LogP contribution in [0.4, 0.5) is 19.4 Å². The highest BCUT2D eigenvalue weighted by Crippen LogP contribution is 3.02. The second-order valence-corrected chi connectivity index (χ2v) is 8.33. The molecular weight excluding hydrogens is 407 g/mol. The lowest BCUT2D eigenvalue weighted by Gasteiger charge is -2.40. The molecule has 1 N–H and O–H groups in total.